The molecule has 0 heterocycles. The number of rotatable bonds is 8. The monoisotopic (exact) mass is 254 g/mol. The van der Waals surface area contributed by atoms with E-state index in [1.807, 2.05) is 19.9 Å². The molecule has 1 N–H and O–H groups in total. The number of ether oxygens (including phenoxy) is 1. The van der Waals surface area contributed by atoms with E-state index in [0.717, 1.165) is 18.4 Å². The molecule has 0 aromatic heterocycles. The van der Waals surface area contributed by atoms with Crippen molar-refractivity contribution in [2.24, 2.45) is 5.92 Å². The standard InChI is InChI=1S/C15H26O3/c1-6-8-14(18-13(5)16)9-11(3)10-15(17)12(4)7-2/h7,10,12,14-15,17H,2,6,8-9H2,1,3-5H3/b11-10+/t12-,14+,15+/m0/s1. The second-order valence-electron chi connectivity index (χ2n) is 4.82. The van der Waals surface area contributed by atoms with Gasteiger partial charge in [-0.1, -0.05) is 38.0 Å². The normalized spacial score (nSPS) is 16.8. The minimum absolute atomic E-state index is 0.0262. The Morgan fingerprint density at radius 3 is 2.50 bits per heavy atom. The summed E-state index contributed by atoms with van der Waals surface area (Å²) in [4.78, 5) is 11.0. The van der Waals surface area contributed by atoms with Crippen molar-refractivity contribution in [3.8, 4) is 0 Å². The van der Waals surface area contributed by atoms with E-state index in [1.54, 1.807) is 6.08 Å². The van der Waals surface area contributed by atoms with Gasteiger partial charge in [-0.3, -0.25) is 4.79 Å². The molecule has 0 aliphatic heterocycles. The molecule has 18 heavy (non-hydrogen) atoms. The Morgan fingerprint density at radius 2 is 2.06 bits per heavy atom. The highest BCUT2D eigenvalue weighted by Crippen LogP contribution is 2.16. The van der Waals surface area contributed by atoms with Gasteiger partial charge in [-0.05, 0) is 13.3 Å². The highest BCUT2D eigenvalue weighted by atomic mass is 16.5. The summed E-state index contributed by atoms with van der Waals surface area (Å²) in [6, 6.07) is 0. The first-order chi connectivity index (χ1) is 8.40. The second-order valence-corrected chi connectivity index (χ2v) is 4.82. The van der Waals surface area contributed by atoms with Crippen LogP contribution >= 0.6 is 0 Å². The summed E-state index contributed by atoms with van der Waals surface area (Å²) in [5, 5.41) is 9.86. The van der Waals surface area contributed by atoms with Crippen molar-refractivity contribution in [2.75, 3.05) is 0 Å². The molecule has 0 rings (SSSR count). The molecule has 0 fully saturated rings. The van der Waals surface area contributed by atoms with E-state index in [0.29, 0.717) is 6.42 Å². The van der Waals surface area contributed by atoms with Crippen LogP contribution in [0.4, 0.5) is 0 Å². The Kier molecular flexibility index (Phi) is 8.38. The Balaban J connectivity index is 4.47. The fourth-order valence-electron chi connectivity index (χ4n) is 1.77. The zero-order valence-electron chi connectivity index (χ0n) is 12.0. The molecule has 3 heteroatoms. The molecular formula is C15H26O3. The van der Waals surface area contributed by atoms with Gasteiger partial charge in [0.25, 0.3) is 0 Å². The first kappa shape index (κ1) is 16.9. The van der Waals surface area contributed by atoms with Crippen LogP contribution in [-0.4, -0.2) is 23.3 Å². The Morgan fingerprint density at radius 1 is 1.44 bits per heavy atom. The molecule has 0 bridgehead atoms. The molecular weight excluding hydrogens is 228 g/mol. The van der Waals surface area contributed by atoms with Gasteiger partial charge in [0.05, 0.1) is 6.10 Å². The summed E-state index contributed by atoms with van der Waals surface area (Å²) in [6.45, 7) is 11.0. The number of aliphatic hydroxyl groups is 1. The van der Waals surface area contributed by atoms with Crippen molar-refractivity contribution in [1.82, 2.24) is 0 Å². The third kappa shape index (κ3) is 7.28. The molecule has 3 nitrogen and oxygen atoms in total. The Labute approximate surface area is 111 Å². The smallest absolute Gasteiger partial charge is 0.302 e. The zero-order chi connectivity index (χ0) is 14.1. The summed E-state index contributed by atoms with van der Waals surface area (Å²) in [7, 11) is 0. The highest BCUT2D eigenvalue weighted by Gasteiger charge is 2.13. The van der Waals surface area contributed by atoms with Crippen LogP contribution in [0.1, 0.15) is 47.0 Å². The summed E-state index contributed by atoms with van der Waals surface area (Å²) in [5.41, 5.74) is 1.04. The highest BCUT2D eigenvalue weighted by molar-refractivity contribution is 5.66. The molecule has 0 unspecified atom stereocenters. The van der Waals surface area contributed by atoms with Gasteiger partial charge < -0.3 is 9.84 Å². The molecule has 0 saturated heterocycles. The largest absolute Gasteiger partial charge is 0.462 e. The van der Waals surface area contributed by atoms with E-state index >= 15 is 0 Å². The van der Waals surface area contributed by atoms with Crippen molar-refractivity contribution < 1.29 is 14.6 Å². The van der Waals surface area contributed by atoms with Crippen molar-refractivity contribution in [1.29, 1.82) is 0 Å². The molecule has 0 spiro atoms. The lowest BCUT2D eigenvalue weighted by atomic mass is 9.99. The molecule has 0 amide bonds. The lowest BCUT2D eigenvalue weighted by molar-refractivity contribution is -0.146. The van der Waals surface area contributed by atoms with E-state index in [1.165, 1.54) is 6.92 Å². The van der Waals surface area contributed by atoms with Crippen molar-refractivity contribution in [3.05, 3.63) is 24.3 Å². The Bertz CT molecular complexity index is 294. The fourth-order valence-corrected chi connectivity index (χ4v) is 1.77. The van der Waals surface area contributed by atoms with Crippen LogP contribution in [0.25, 0.3) is 0 Å². The first-order valence-corrected chi connectivity index (χ1v) is 6.55. The van der Waals surface area contributed by atoms with Gasteiger partial charge in [0.1, 0.15) is 6.10 Å². The van der Waals surface area contributed by atoms with Crippen molar-refractivity contribution in [3.63, 3.8) is 0 Å². The van der Waals surface area contributed by atoms with Crippen LogP contribution in [0.2, 0.25) is 0 Å². The summed E-state index contributed by atoms with van der Waals surface area (Å²) >= 11 is 0. The lowest BCUT2D eigenvalue weighted by Gasteiger charge is -2.18. The van der Waals surface area contributed by atoms with E-state index in [4.69, 9.17) is 4.74 Å². The van der Waals surface area contributed by atoms with Crippen molar-refractivity contribution in [2.45, 2.75) is 59.2 Å². The number of hydrogen-bond donors (Lipinski definition) is 1. The summed E-state index contributed by atoms with van der Waals surface area (Å²) in [6.07, 6.45) is 5.42. The molecule has 3 atom stereocenters. The van der Waals surface area contributed by atoms with Crippen LogP contribution in [0.3, 0.4) is 0 Å². The topological polar surface area (TPSA) is 46.5 Å². The van der Waals surface area contributed by atoms with Gasteiger partial charge in [-0.2, -0.15) is 0 Å². The van der Waals surface area contributed by atoms with Crippen molar-refractivity contribution >= 4 is 5.97 Å². The maximum Gasteiger partial charge on any atom is 0.302 e. The average molecular weight is 254 g/mol. The maximum atomic E-state index is 11.0. The molecule has 0 aliphatic rings. The molecule has 0 saturated carbocycles. The summed E-state index contributed by atoms with van der Waals surface area (Å²) < 4.78 is 5.25. The van der Waals surface area contributed by atoms with Crippen LogP contribution in [0.15, 0.2) is 24.3 Å². The summed E-state index contributed by atoms with van der Waals surface area (Å²) in [5.74, 6) is -0.223. The van der Waals surface area contributed by atoms with Gasteiger partial charge in [0.2, 0.25) is 0 Å². The van der Waals surface area contributed by atoms with Gasteiger partial charge in [-0.15, -0.1) is 6.58 Å². The fraction of sp³-hybridized carbons (Fsp3) is 0.667. The molecule has 0 aromatic carbocycles. The van der Waals surface area contributed by atoms with Gasteiger partial charge in [-0.25, -0.2) is 0 Å². The Hall–Kier alpha value is -1.09. The number of carbonyl (C=O) groups excluding carboxylic acids is 1. The minimum Gasteiger partial charge on any atom is -0.462 e. The lowest BCUT2D eigenvalue weighted by Crippen LogP contribution is -2.18. The quantitative estimate of drug-likeness (QED) is 0.534. The van der Waals surface area contributed by atoms with E-state index < -0.39 is 6.10 Å². The SMILES string of the molecule is C=C[C@H](C)[C@H](O)/C=C(\C)C[C@@H](CCC)OC(C)=O. The first-order valence-electron chi connectivity index (χ1n) is 6.55. The predicted molar refractivity (Wildman–Crippen MR) is 74.2 cm³/mol. The van der Waals surface area contributed by atoms with Crippen LogP contribution in [0, 0.1) is 5.92 Å². The molecule has 104 valence electrons. The maximum absolute atomic E-state index is 11.0. The second kappa shape index (κ2) is 8.92. The molecule has 0 aromatic rings. The number of hydrogen-bond acceptors (Lipinski definition) is 3. The third-order valence-corrected chi connectivity index (χ3v) is 2.86. The zero-order valence-corrected chi connectivity index (χ0v) is 12.0. The van der Waals surface area contributed by atoms with Gasteiger partial charge in [0.15, 0.2) is 0 Å². The number of esters is 1. The van der Waals surface area contributed by atoms with E-state index in [-0.39, 0.29) is 18.0 Å². The predicted octanol–water partition coefficient (Wildman–Crippen LogP) is 3.24. The van der Waals surface area contributed by atoms with Gasteiger partial charge in [0, 0.05) is 19.3 Å². The molecule has 0 aliphatic carbocycles. The van der Waals surface area contributed by atoms with Gasteiger partial charge >= 0.3 is 5.97 Å². The van der Waals surface area contributed by atoms with Crippen LogP contribution in [-0.2, 0) is 9.53 Å². The number of aliphatic hydroxyl groups excluding tert-OH is 1. The average Bonchev–Trinajstić information content (AvgIpc) is 2.26. The third-order valence-electron chi connectivity index (χ3n) is 2.86. The van der Waals surface area contributed by atoms with Crippen LogP contribution in [0.5, 0.6) is 0 Å². The number of carbonyl (C=O) groups is 1. The minimum atomic E-state index is -0.526. The van der Waals surface area contributed by atoms with Crippen LogP contribution < -0.4 is 0 Å². The van der Waals surface area contributed by atoms with E-state index in [2.05, 4.69) is 13.5 Å². The molecule has 0 radical (unpaired) electrons. The van der Waals surface area contributed by atoms with E-state index in [9.17, 15) is 9.90 Å².